The number of nitriles is 1. The van der Waals surface area contributed by atoms with Gasteiger partial charge in [-0.3, -0.25) is 0 Å². The van der Waals surface area contributed by atoms with E-state index < -0.39 is 0 Å². The van der Waals surface area contributed by atoms with E-state index in [2.05, 4.69) is 16.0 Å². The van der Waals surface area contributed by atoms with Gasteiger partial charge in [-0.25, -0.2) is 4.98 Å². The van der Waals surface area contributed by atoms with E-state index in [9.17, 15) is 0 Å². The predicted molar refractivity (Wildman–Crippen MR) is 64.1 cm³/mol. The first kappa shape index (κ1) is 10.7. The van der Waals surface area contributed by atoms with Crippen molar-refractivity contribution in [1.29, 1.82) is 5.26 Å². The van der Waals surface area contributed by atoms with Gasteiger partial charge in [0, 0.05) is 24.9 Å². The Labute approximate surface area is 96.0 Å². The molecule has 2 heterocycles. The minimum atomic E-state index is 0.962. The van der Waals surface area contributed by atoms with Gasteiger partial charge in [0.15, 0.2) is 0 Å². The van der Waals surface area contributed by atoms with Crippen LogP contribution in [0.25, 0.3) is 0 Å². The van der Waals surface area contributed by atoms with Crippen LogP contribution in [0.2, 0.25) is 0 Å². The summed E-state index contributed by atoms with van der Waals surface area (Å²) < 4.78 is 0. The van der Waals surface area contributed by atoms with E-state index in [0.717, 1.165) is 37.4 Å². The third kappa shape index (κ3) is 2.40. The van der Waals surface area contributed by atoms with Crippen LogP contribution in [0, 0.1) is 18.3 Å². The average Bonchev–Trinajstić information content (AvgIpc) is 2.30. The van der Waals surface area contributed by atoms with E-state index in [0.29, 0.717) is 0 Å². The number of anilines is 1. The Morgan fingerprint density at radius 1 is 1.38 bits per heavy atom. The summed E-state index contributed by atoms with van der Waals surface area (Å²) in [6.45, 7) is 3.93. The molecule has 1 aromatic rings. The SMILES string of the molecule is Cc1cccc(N2CCC(=CC#N)CC2)n1. The normalized spacial score (nSPS) is 15.8. The molecule has 1 saturated heterocycles. The van der Waals surface area contributed by atoms with Crippen LogP contribution in [-0.4, -0.2) is 18.1 Å². The maximum absolute atomic E-state index is 8.59. The Balaban J connectivity index is 2.05. The number of aryl methyl sites for hydroxylation is 1. The number of nitrogens with zero attached hydrogens (tertiary/aromatic N) is 3. The summed E-state index contributed by atoms with van der Waals surface area (Å²) in [6, 6.07) is 8.20. The molecule has 1 aliphatic rings. The monoisotopic (exact) mass is 213 g/mol. The van der Waals surface area contributed by atoms with Gasteiger partial charge in [-0.1, -0.05) is 11.6 Å². The zero-order valence-corrected chi connectivity index (χ0v) is 9.48. The molecule has 0 unspecified atom stereocenters. The quantitative estimate of drug-likeness (QED) is 0.673. The van der Waals surface area contributed by atoms with Crippen LogP contribution in [0.1, 0.15) is 18.5 Å². The van der Waals surface area contributed by atoms with Crippen LogP contribution in [0.5, 0.6) is 0 Å². The highest BCUT2D eigenvalue weighted by molar-refractivity contribution is 5.41. The molecular weight excluding hydrogens is 198 g/mol. The maximum atomic E-state index is 8.59. The summed E-state index contributed by atoms with van der Waals surface area (Å²) in [6.07, 6.45) is 3.63. The molecule has 0 radical (unpaired) electrons. The molecule has 0 N–H and O–H groups in total. The summed E-state index contributed by atoms with van der Waals surface area (Å²) in [5, 5.41) is 8.59. The number of allylic oxidation sites excluding steroid dienone is 1. The molecule has 0 saturated carbocycles. The molecular formula is C13H15N3. The molecule has 1 aromatic heterocycles. The molecule has 82 valence electrons. The highest BCUT2D eigenvalue weighted by atomic mass is 15.2. The number of rotatable bonds is 1. The summed E-state index contributed by atoms with van der Waals surface area (Å²) in [7, 11) is 0. The first-order chi connectivity index (χ1) is 7.79. The summed E-state index contributed by atoms with van der Waals surface area (Å²) in [5.74, 6) is 1.05. The first-order valence-electron chi connectivity index (χ1n) is 5.56. The molecule has 0 bridgehead atoms. The highest BCUT2D eigenvalue weighted by Gasteiger charge is 2.14. The van der Waals surface area contributed by atoms with Gasteiger partial charge in [-0.05, 0) is 31.9 Å². The zero-order chi connectivity index (χ0) is 11.4. The summed E-state index contributed by atoms with van der Waals surface area (Å²) >= 11 is 0. The van der Waals surface area contributed by atoms with Crippen molar-refractivity contribution in [1.82, 2.24) is 4.98 Å². The van der Waals surface area contributed by atoms with Crippen LogP contribution >= 0.6 is 0 Å². The minimum absolute atomic E-state index is 0.962. The molecule has 3 heteroatoms. The van der Waals surface area contributed by atoms with E-state index >= 15 is 0 Å². The van der Waals surface area contributed by atoms with Crippen molar-refractivity contribution in [3.8, 4) is 6.07 Å². The van der Waals surface area contributed by atoms with Gasteiger partial charge in [0.1, 0.15) is 5.82 Å². The van der Waals surface area contributed by atoms with Crippen LogP contribution < -0.4 is 4.90 Å². The van der Waals surface area contributed by atoms with Crippen molar-refractivity contribution >= 4 is 5.82 Å². The van der Waals surface area contributed by atoms with Crippen molar-refractivity contribution in [3.05, 3.63) is 35.5 Å². The van der Waals surface area contributed by atoms with E-state index in [1.54, 1.807) is 6.08 Å². The Kier molecular flexibility index (Phi) is 3.21. The van der Waals surface area contributed by atoms with Crippen molar-refractivity contribution in [3.63, 3.8) is 0 Å². The van der Waals surface area contributed by atoms with Crippen molar-refractivity contribution in [2.45, 2.75) is 19.8 Å². The number of piperidine rings is 1. The van der Waals surface area contributed by atoms with Gasteiger partial charge in [0.25, 0.3) is 0 Å². The second kappa shape index (κ2) is 4.80. The molecule has 1 fully saturated rings. The average molecular weight is 213 g/mol. The fraction of sp³-hybridized carbons (Fsp3) is 0.385. The van der Waals surface area contributed by atoms with E-state index in [1.807, 2.05) is 25.1 Å². The van der Waals surface area contributed by atoms with E-state index in [1.165, 1.54) is 5.57 Å². The van der Waals surface area contributed by atoms with Crippen LogP contribution in [0.15, 0.2) is 29.8 Å². The summed E-state index contributed by atoms with van der Waals surface area (Å²) in [5.41, 5.74) is 2.31. The number of hydrogen-bond acceptors (Lipinski definition) is 3. The number of pyridine rings is 1. The third-order valence-corrected chi connectivity index (χ3v) is 2.87. The molecule has 0 spiro atoms. The lowest BCUT2D eigenvalue weighted by molar-refractivity contribution is 0.676. The van der Waals surface area contributed by atoms with Gasteiger partial charge >= 0.3 is 0 Å². The molecule has 1 aliphatic heterocycles. The van der Waals surface area contributed by atoms with E-state index in [4.69, 9.17) is 5.26 Å². The molecule has 3 nitrogen and oxygen atoms in total. The predicted octanol–water partition coefficient (Wildman–Crippen LogP) is 2.44. The largest absolute Gasteiger partial charge is 0.356 e. The van der Waals surface area contributed by atoms with E-state index in [-0.39, 0.29) is 0 Å². The zero-order valence-electron chi connectivity index (χ0n) is 9.48. The topological polar surface area (TPSA) is 39.9 Å². The molecule has 0 atom stereocenters. The van der Waals surface area contributed by atoms with Gasteiger partial charge in [0.05, 0.1) is 6.07 Å². The molecule has 2 rings (SSSR count). The third-order valence-electron chi connectivity index (χ3n) is 2.87. The number of hydrogen-bond donors (Lipinski definition) is 0. The van der Waals surface area contributed by atoms with Crippen LogP contribution in [0.3, 0.4) is 0 Å². The van der Waals surface area contributed by atoms with Gasteiger partial charge in [-0.15, -0.1) is 0 Å². The highest BCUT2D eigenvalue weighted by Crippen LogP contribution is 2.20. The minimum Gasteiger partial charge on any atom is -0.356 e. The fourth-order valence-corrected chi connectivity index (χ4v) is 1.96. The second-order valence-corrected chi connectivity index (χ2v) is 4.06. The van der Waals surface area contributed by atoms with Crippen LogP contribution in [0.4, 0.5) is 5.82 Å². The lowest BCUT2D eigenvalue weighted by Crippen LogP contribution is -2.31. The van der Waals surface area contributed by atoms with Crippen LogP contribution in [-0.2, 0) is 0 Å². The Hall–Kier alpha value is -1.82. The maximum Gasteiger partial charge on any atom is 0.128 e. The number of aromatic nitrogens is 1. The standard InChI is InChI=1S/C13H15N3/c1-11-3-2-4-13(15-11)16-9-6-12(5-8-14)7-10-16/h2-5H,6-7,9-10H2,1H3. The Morgan fingerprint density at radius 3 is 2.75 bits per heavy atom. The smallest absolute Gasteiger partial charge is 0.128 e. The van der Waals surface area contributed by atoms with Crippen molar-refractivity contribution in [2.75, 3.05) is 18.0 Å². The first-order valence-corrected chi connectivity index (χ1v) is 5.56. The van der Waals surface area contributed by atoms with Gasteiger partial charge in [-0.2, -0.15) is 5.26 Å². The van der Waals surface area contributed by atoms with Crippen molar-refractivity contribution < 1.29 is 0 Å². The Morgan fingerprint density at radius 2 is 2.12 bits per heavy atom. The van der Waals surface area contributed by atoms with Gasteiger partial charge < -0.3 is 4.90 Å². The molecule has 0 aliphatic carbocycles. The summed E-state index contributed by atoms with van der Waals surface area (Å²) in [4.78, 5) is 6.79. The second-order valence-electron chi connectivity index (χ2n) is 4.06. The molecule has 0 amide bonds. The lowest BCUT2D eigenvalue weighted by Gasteiger charge is -2.29. The molecule has 16 heavy (non-hydrogen) atoms. The molecule has 0 aromatic carbocycles. The van der Waals surface area contributed by atoms with Gasteiger partial charge in [0.2, 0.25) is 0 Å². The van der Waals surface area contributed by atoms with Crippen molar-refractivity contribution in [2.24, 2.45) is 0 Å². The lowest BCUT2D eigenvalue weighted by atomic mass is 10.0. The Bertz CT molecular complexity index is 433. The fourth-order valence-electron chi connectivity index (χ4n) is 1.96.